The third-order valence-corrected chi connectivity index (χ3v) is 21.8. The summed E-state index contributed by atoms with van der Waals surface area (Å²) in [4.78, 5) is 28.0. The lowest BCUT2D eigenvalue weighted by Crippen LogP contribution is -2.73. The third kappa shape index (κ3) is 10.9. The highest BCUT2D eigenvalue weighted by Gasteiger charge is 2.79. The highest BCUT2D eigenvalue weighted by atomic mass is 32.2. The van der Waals surface area contributed by atoms with Crippen molar-refractivity contribution in [2.75, 3.05) is 34.0 Å². The molecule has 7 fully saturated rings. The molecular weight excluding hydrogens is 1100 g/mol. The fourth-order valence-electron chi connectivity index (χ4n) is 16.4. The zero-order valence-electron chi connectivity index (χ0n) is 48.6. The number of hydrogen-bond donors (Lipinski definition) is 12. The van der Waals surface area contributed by atoms with Crippen LogP contribution in [0.25, 0.3) is 0 Å². The average molecular weight is 1200 g/mol. The van der Waals surface area contributed by atoms with Crippen LogP contribution in [0.5, 0.6) is 0 Å². The Bertz CT molecular complexity index is 2280. The maximum Gasteiger partial charge on any atom is 0.302 e. The number of rotatable bonds is 20. The van der Waals surface area contributed by atoms with Gasteiger partial charge in [0, 0.05) is 20.6 Å². The second kappa shape index (κ2) is 25.1. The van der Waals surface area contributed by atoms with Crippen molar-refractivity contribution >= 4 is 23.4 Å². The molecule has 25 nitrogen and oxygen atoms in total. The van der Waals surface area contributed by atoms with Crippen LogP contribution in [-0.4, -0.2) is 245 Å². The maximum absolute atomic E-state index is 14.1. The lowest BCUT2D eigenvalue weighted by Gasteiger charge is -2.66. The van der Waals surface area contributed by atoms with Gasteiger partial charge in [-0.15, -0.1) is 0 Å². The molecule has 472 valence electrons. The minimum absolute atomic E-state index is 0.00704. The van der Waals surface area contributed by atoms with Gasteiger partial charge in [0.15, 0.2) is 30.3 Å². The Morgan fingerprint density at radius 2 is 1.35 bits per heavy atom. The largest absolute Gasteiger partial charge is 0.394 e. The summed E-state index contributed by atoms with van der Waals surface area (Å²) in [5.41, 5.74) is -6.53. The summed E-state index contributed by atoms with van der Waals surface area (Å²) in [5, 5.41) is 125. The van der Waals surface area contributed by atoms with Gasteiger partial charge in [-0.3, -0.25) is 13.5 Å². The van der Waals surface area contributed by atoms with Crippen LogP contribution in [0.2, 0.25) is 0 Å². The van der Waals surface area contributed by atoms with E-state index in [-0.39, 0.29) is 55.3 Å². The fraction of sp³-hybridized carbons (Fsp3) is 0.929. The Morgan fingerprint density at radius 3 is 1.93 bits per heavy atom. The molecule has 0 bridgehead atoms. The van der Waals surface area contributed by atoms with E-state index in [1.807, 2.05) is 20.8 Å². The van der Waals surface area contributed by atoms with E-state index in [1.54, 1.807) is 13.0 Å². The van der Waals surface area contributed by atoms with E-state index in [4.69, 9.17) is 46.8 Å². The van der Waals surface area contributed by atoms with Gasteiger partial charge in [0.2, 0.25) is 0 Å². The predicted octanol–water partition coefficient (Wildman–Crippen LogP) is -0.930. The number of aldehydes is 1. The molecule has 0 aromatic heterocycles. The highest BCUT2D eigenvalue weighted by Crippen LogP contribution is 2.74. The second-order valence-corrected chi connectivity index (χ2v) is 26.8. The van der Waals surface area contributed by atoms with Gasteiger partial charge in [0.25, 0.3) is 0 Å². The average Bonchev–Trinajstić information content (AvgIpc) is 1.75. The molecule has 4 heterocycles. The van der Waals surface area contributed by atoms with Gasteiger partial charge < -0.3 is 104 Å². The van der Waals surface area contributed by atoms with E-state index < -0.39 is 180 Å². The molecule has 4 aliphatic heterocycles. The Kier molecular flexibility index (Phi) is 20.3. The smallest absolute Gasteiger partial charge is 0.302 e. The molecule has 4 aliphatic carbocycles. The standard InChI is InChI=1S/C56H92O25S/c1-25(2)11-14-35(60)54(8,73-10)56(69)18-17-53(7)28-12-13-34-51(4,5)27(15-16-52(34,6)29(28)20-36(61)55(53,56)24-59)19-30-45(39(64)33(23-74-30)81-82(70)71)79-48-41(66)40(65)44(26(3)75-48)78-50-43(68)47(38(63)32(22-58)77-50)80-49-42(67)46(72-9)37(62)31(21-57)76-49/h20,24-28,30-34,36-50,57-58,61-69H,11-19,21-23H2,1-10H3,(H,70,71)/t26?,27-,28?,30?,31?,32?,33?,34?,36+,37+,38?,39+,40-,41+,42+,43+,44?,45?,46+,47+,48?,49+,50?,52-,53+,54+,55+,56+/m1/s1. The quantitative estimate of drug-likeness (QED) is 0.0398. The molecule has 3 saturated carbocycles. The zero-order chi connectivity index (χ0) is 60.6. The number of aliphatic hydroxyl groups excluding tert-OH is 10. The van der Waals surface area contributed by atoms with Crippen LogP contribution in [0.15, 0.2) is 11.6 Å². The van der Waals surface area contributed by atoms with Crippen LogP contribution in [0.3, 0.4) is 0 Å². The Labute approximate surface area is 481 Å². The number of aliphatic hydroxyl groups is 11. The van der Waals surface area contributed by atoms with Gasteiger partial charge in [-0.1, -0.05) is 53.2 Å². The summed E-state index contributed by atoms with van der Waals surface area (Å²) in [6.07, 6.45) is -25.0. The summed E-state index contributed by atoms with van der Waals surface area (Å²) >= 11 is -2.85. The van der Waals surface area contributed by atoms with E-state index in [2.05, 4.69) is 20.8 Å². The third-order valence-electron chi connectivity index (χ3n) is 21.4. The number of carbonyl (C=O) groups is 2. The van der Waals surface area contributed by atoms with Crippen LogP contribution < -0.4 is 0 Å². The van der Waals surface area contributed by atoms with Crippen molar-refractivity contribution in [1.29, 1.82) is 0 Å². The number of Topliss-reactive ketones (excluding diaryl/α,β-unsaturated/α-hetero) is 1. The van der Waals surface area contributed by atoms with Crippen LogP contribution in [0, 0.1) is 45.3 Å². The van der Waals surface area contributed by atoms with Crippen LogP contribution in [0.1, 0.15) is 113 Å². The number of carbonyl (C=O) groups excluding carboxylic acids is 2. The molecule has 0 aromatic carbocycles. The first kappa shape index (κ1) is 66.3. The van der Waals surface area contributed by atoms with Crippen molar-refractivity contribution in [3.05, 3.63) is 11.6 Å². The topological polar surface area (TPSA) is 386 Å². The lowest BCUT2D eigenvalue weighted by molar-refractivity contribution is -0.383. The highest BCUT2D eigenvalue weighted by molar-refractivity contribution is 7.74. The predicted molar refractivity (Wildman–Crippen MR) is 283 cm³/mol. The van der Waals surface area contributed by atoms with Crippen molar-refractivity contribution < 1.29 is 121 Å². The molecule has 0 amide bonds. The number of allylic oxidation sites excluding steroid dienone is 1. The molecule has 26 heteroatoms. The molecule has 8 aliphatic rings. The van der Waals surface area contributed by atoms with Crippen LogP contribution in [-0.2, 0) is 67.8 Å². The maximum atomic E-state index is 14.1. The first-order valence-electron chi connectivity index (χ1n) is 28.9. The zero-order valence-corrected chi connectivity index (χ0v) is 49.4. The SMILES string of the molecule is CO[C@@H]1[C@H](O)[C@H](O[C@H]2C(O)C(CO)OC(OC3C(C)OC(OC4C(C[C@H]5CC[C@]6(C)C7=C[C@H](O)[C@]8(C=O)[C@@](O)([C@@](C)(OC)C(=O)CCC(C)C)CC[C@@]8(C)C7CCC6C5(C)C)OCC(OS(=O)O)[C@@H]4O)[C@@H](O)[C@H]3O)[C@H]2O)OC(CO)[C@@H]1O. The number of ether oxygens (including phenoxy) is 9. The first-order valence-corrected chi connectivity index (χ1v) is 30.0. The van der Waals surface area contributed by atoms with E-state index in [0.717, 1.165) is 5.57 Å². The van der Waals surface area contributed by atoms with E-state index in [0.29, 0.717) is 44.8 Å². The van der Waals surface area contributed by atoms with Gasteiger partial charge in [-0.25, -0.2) is 0 Å². The molecular formula is C56H92O25S. The van der Waals surface area contributed by atoms with E-state index >= 15 is 0 Å². The summed E-state index contributed by atoms with van der Waals surface area (Å²) in [6.45, 7) is 13.6. The Morgan fingerprint density at radius 1 is 0.768 bits per heavy atom. The summed E-state index contributed by atoms with van der Waals surface area (Å²) < 4.78 is 79.9. The van der Waals surface area contributed by atoms with Crippen molar-refractivity contribution in [1.82, 2.24) is 0 Å². The minimum atomic E-state index is -2.85. The molecule has 0 aromatic rings. The summed E-state index contributed by atoms with van der Waals surface area (Å²) in [5.74, 6) is -0.498. The minimum Gasteiger partial charge on any atom is -0.394 e. The Balaban J connectivity index is 0.990. The van der Waals surface area contributed by atoms with Crippen molar-refractivity contribution in [3.63, 3.8) is 0 Å². The molecule has 12 N–H and O–H groups in total. The van der Waals surface area contributed by atoms with Crippen LogP contribution >= 0.6 is 0 Å². The molecule has 29 atom stereocenters. The fourth-order valence-corrected chi connectivity index (χ4v) is 16.8. The van der Waals surface area contributed by atoms with Crippen molar-refractivity contribution in [2.24, 2.45) is 45.3 Å². The summed E-state index contributed by atoms with van der Waals surface area (Å²) in [6, 6.07) is 0. The van der Waals surface area contributed by atoms with Crippen molar-refractivity contribution in [3.8, 4) is 0 Å². The van der Waals surface area contributed by atoms with Crippen molar-refractivity contribution in [2.45, 2.75) is 247 Å². The van der Waals surface area contributed by atoms with E-state index in [1.165, 1.54) is 21.1 Å². The molecule has 4 saturated heterocycles. The normalized spacial score (nSPS) is 49.6. The molecule has 13 unspecified atom stereocenters. The van der Waals surface area contributed by atoms with Crippen LogP contribution in [0.4, 0.5) is 0 Å². The number of methoxy groups -OCH3 is 2. The molecule has 0 radical (unpaired) electrons. The lowest BCUT2D eigenvalue weighted by atomic mass is 9.39. The molecule has 82 heavy (non-hydrogen) atoms. The number of hydrogen-bond acceptors (Lipinski definition) is 24. The monoisotopic (exact) mass is 1200 g/mol. The van der Waals surface area contributed by atoms with E-state index in [9.17, 15) is 74.5 Å². The molecule has 8 rings (SSSR count). The summed E-state index contributed by atoms with van der Waals surface area (Å²) in [7, 11) is 2.56. The Hall–Kier alpha value is -1.65. The van der Waals surface area contributed by atoms with Gasteiger partial charge in [-0.2, -0.15) is 4.21 Å². The second-order valence-electron chi connectivity index (χ2n) is 26.1. The van der Waals surface area contributed by atoms with Gasteiger partial charge in [0.05, 0.1) is 43.5 Å². The number of ketones is 1. The van der Waals surface area contributed by atoms with Gasteiger partial charge >= 0.3 is 11.4 Å². The first-order chi connectivity index (χ1) is 38.4. The number of fused-ring (bicyclic) bond motifs is 5. The van der Waals surface area contributed by atoms with Gasteiger partial charge in [-0.05, 0) is 105 Å². The molecule has 0 spiro atoms. The van der Waals surface area contributed by atoms with Gasteiger partial charge in [0.1, 0.15) is 97.3 Å².